The Bertz CT molecular complexity index is 308. The molecular weight excluding hydrogens is 309 g/mol. The van der Waals surface area contributed by atoms with Gasteiger partial charge in [0.25, 0.3) is 0 Å². The van der Waals surface area contributed by atoms with Crippen molar-refractivity contribution in [1.29, 1.82) is 0 Å². The maximum atomic E-state index is 5.49. The molecule has 3 nitrogen and oxygen atoms in total. The zero-order chi connectivity index (χ0) is 10.6. The third kappa shape index (κ3) is 3.20. The summed E-state index contributed by atoms with van der Waals surface area (Å²) in [5, 5.41) is 4.38. The molecule has 14 heavy (non-hydrogen) atoms. The molecule has 76 valence electrons. The highest BCUT2D eigenvalue weighted by atomic mass is 127. The minimum absolute atomic E-state index is 0.566. The standard InChI is InChI=1S/C7H13B2IN2OS/c1-14-3-2-13-4-12-7(9)5(10)6(8)11-12/h2-4,8-9H2,1H3. The van der Waals surface area contributed by atoms with Crippen molar-refractivity contribution in [3.05, 3.63) is 3.57 Å². The first-order chi connectivity index (χ1) is 6.66. The highest BCUT2D eigenvalue weighted by Gasteiger charge is 2.07. The minimum Gasteiger partial charge on any atom is -0.358 e. The summed E-state index contributed by atoms with van der Waals surface area (Å²) in [7, 11) is 4.09. The summed E-state index contributed by atoms with van der Waals surface area (Å²) in [6, 6.07) is 0. The molecule has 1 aromatic heterocycles. The Kier molecular flexibility index (Phi) is 5.40. The lowest BCUT2D eigenvalue weighted by Gasteiger charge is -2.05. The zero-order valence-corrected chi connectivity index (χ0v) is 11.7. The van der Waals surface area contributed by atoms with E-state index in [9.17, 15) is 0 Å². The number of halogens is 1. The van der Waals surface area contributed by atoms with E-state index >= 15 is 0 Å². The lowest BCUT2D eigenvalue weighted by atomic mass is 9.99. The van der Waals surface area contributed by atoms with E-state index in [0.29, 0.717) is 6.73 Å². The topological polar surface area (TPSA) is 27.1 Å². The normalized spacial score (nSPS) is 10.7. The zero-order valence-electron chi connectivity index (χ0n) is 8.71. The lowest BCUT2D eigenvalue weighted by Crippen LogP contribution is -2.22. The fourth-order valence-electron chi connectivity index (χ4n) is 1.09. The monoisotopic (exact) mass is 322 g/mol. The molecule has 0 saturated carbocycles. The Hall–Kier alpha value is 0.380. The second-order valence-corrected chi connectivity index (χ2v) is 5.08. The molecule has 1 rings (SSSR count). The third-order valence-corrected chi connectivity index (χ3v) is 4.07. The Morgan fingerprint density at radius 3 is 2.79 bits per heavy atom. The summed E-state index contributed by atoms with van der Waals surface area (Å²) < 4.78 is 8.63. The Labute approximate surface area is 104 Å². The highest BCUT2D eigenvalue weighted by Crippen LogP contribution is 1.96. The van der Waals surface area contributed by atoms with Crippen LogP contribution in [0.15, 0.2) is 0 Å². The Morgan fingerprint density at radius 2 is 2.29 bits per heavy atom. The van der Waals surface area contributed by atoms with Gasteiger partial charge in [0.15, 0.2) is 15.7 Å². The minimum atomic E-state index is 0.566. The maximum Gasteiger partial charge on any atom is 0.167 e. The molecule has 0 unspecified atom stereocenters. The van der Waals surface area contributed by atoms with E-state index in [2.05, 4.69) is 41.8 Å². The first-order valence-corrected chi connectivity index (χ1v) is 6.90. The first-order valence-electron chi connectivity index (χ1n) is 4.43. The molecule has 0 spiro atoms. The van der Waals surface area contributed by atoms with Crippen LogP contribution in [-0.2, 0) is 11.5 Å². The SMILES string of the molecule is Bc1nn(COCCSC)c(B)c1I. The van der Waals surface area contributed by atoms with Crippen LogP contribution in [0.4, 0.5) is 0 Å². The van der Waals surface area contributed by atoms with Crippen molar-refractivity contribution < 1.29 is 4.74 Å². The van der Waals surface area contributed by atoms with E-state index in [4.69, 9.17) is 4.74 Å². The molecule has 0 aliphatic rings. The van der Waals surface area contributed by atoms with Crippen LogP contribution in [0.3, 0.4) is 0 Å². The number of nitrogens with zero attached hydrogens (tertiary/aromatic N) is 2. The van der Waals surface area contributed by atoms with Gasteiger partial charge in [-0.05, 0) is 28.8 Å². The van der Waals surface area contributed by atoms with Gasteiger partial charge in [0.05, 0.1) is 6.61 Å². The van der Waals surface area contributed by atoms with E-state index in [1.54, 1.807) is 11.8 Å². The van der Waals surface area contributed by atoms with Gasteiger partial charge in [-0.25, -0.2) is 0 Å². The summed E-state index contributed by atoms with van der Waals surface area (Å²) in [4.78, 5) is 0. The number of aromatic nitrogens is 2. The van der Waals surface area contributed by atoms with E-state index in [-0.39, 0.29) is 0 Å². The molecular formula is C7H13B2IN2OS. The average Bonchev–Trinajstić information content (AvgIpc) is 2.41. The van der Waals surface area contributed by atoms with Gasteiger partial charge in [-0.15, -0.1) is 0 Å². The predicted octanol–water partition coefficient (Wildman–Crippen LogP) is -1.66. The van der Waals surface area contributed by atoms with Gasteiger partial charge in [-0.1, -0.05) is 0 Å². The van der Waals surface area contributed by atoms with Crippen molar-refractivity contribution in [1.82, 2.24) is 9.78 Å². The molecule has 0 saturated heterocycles. The second-order valence-electron chi connectivity index (χ2n) is 3.01. The van der Waals surface area contributed by atoms with Gasteiger partial charge >= 0.3 is 0 Å². The number of rotatable bonds is 5. The fraction of sp³-hybridized carbons (Fsp3) is 0.571. The molecule has 0 aliphatic carbocycles. The van der Waals surface area contributed by atoms with Gasteiger partial charge in [0.2, 0.25) is 0 Å². The van der Waals surface area contributed by atoms with Crippen molar-refractivity contribution >= 4 is 61.2 Å². The molecule has 0 amide bonds. The summed E-state index contributed by atoms with van der Waals surface area (Å²) in [6.45, 7) is 1.35. The molecule has 0 aliphatic heterocycles. The first kappa shape index (κ1) is 12.4. The van der Waals surface area contributed by atoms with E-state index < -0.39 is 0 Å². The molecule has 0 N–H and O–H groups in total. The second kappa shape index (κ2) is 6.07. The van der Waals surface area contributed by atoms with Crippen molar-refractivity contribution in [2.24, 2.45) is 0 Å². The van der Waals surface area contributed by atoms with Crippen LogP contribution in [0, 0.1) is 3.57 Å². The van der Waals surface area contributed by atoms with E-state index in [1.807, 2.05) is 12.5 Å². The van der Waals surface area contributed by atoms with Gasteiger partial charge in [0, 0.05) is 20.5 Å². The summed E-state index contributed by atoms with van der Waals surface area (Å²) in [5.74, 6) is 1.04. The van der Waals surface area contributed by atoms with Crippen molar-refractivity contribution in [2.75, 3.05) is 18.6 Å². The Morgan fingerprint density at radius 1 is 1.57 bits per heavy atom. The smallest absolute Gasteiger partial charge is 0.167 e. The highest BCUT2D eigenvalue weighted by molar-refractivity contribution is 14.1. The molecule has 1 aromatic rings. The summed E-state index contributed by atoms with van der Waals surface area (Å²) >= 11 is 4.11. The average molecular weight is 322 g/mol. The molecule has 7 heteroatoms. The van der Waals surface area contributed by atoms with Gasteiger partial charge < -0.3 is 4.74 Å². The number of hydrogen-bond acceptors (Lipinski definition) is 3. The number of thioether (sulfide) groups is 1. The van der Waals surface area contributed by atoms with Crippen molar-refractivity contribution in [3.63, 3.8) is 0 Å². The van der Waals surface area contributed by atoms with E-state index in [0.717, 1.165) is 18.0 Å². The molecule has 1 heterocycles. The van der Waals surface area contributed by atoms with Crippen molar-refractivity contribution in [3.8, 4) is 0 Å². The van der Waals surface area contributed by atoms with Crippen LogP contribution in [-0.4, -0.2) is 44.1 Å². The molecule has 0 fully saturated rings. The maximum absolute atomic E-state index is 5.49. The van der Waals surface area contributed by atoms with Crippen LogP contribution < -0.4 is 11.2 Å². The van der Waals surface area contributed by atoms with E-state index in [1.165, 1.54) is 9.16 Å². The number of ether oxygens (including phenoxy) is 1. The quantitative estimate of drug-likeness (QED) is 0.369. The van der Waals surface area contributed by atoms with Gasteiger partial charge in [0.1, 0.15) is 6.73 Å². The molecule has 0 aromatic carbocycles. The third-order valence-electron chi connectivity index (χ3n) is 1.94. The molecule has 0 atom stereocenters. The number of hydrogen-bond donors (Lipinski definition) is 0. The fourth-order valence-corrected chi connectivity index (χ4v) is 1.76. The largest absolute Gasteiger partial charge is 0.358 e. The van der Waals surface area contributed by atoms with Crippen LogP contribution in [0.5, 0.6) is 0 Å². The summed E-state index contributed by atoms with van der Waals surface area (Å²) in [6.07, 6.45) is 2.08. The van der Waals surface area contributed by atoms with Gasteiger partial charge in [-0.3, -0.25) is 4.68 Å². The predicted molar refractivity (Wildman–Crippen MR) is 75.6 cm³/mol. The van der Waals surface area contributed by atoms with Gasteiger partial charge in [-0.2, -0.15) is 16.9 Å². The lowest BCUT2D eigenvalue weighted by molar-refractivity contribution is 0.0837. The van der Waals surface area contributed by atoms with Crippen LogP contribution in [0.1, 0.15) is 0 Å². The van der Waals surface area contributed by atoms with Crippen LogP contribution in [0.25, 0.3) is 0 Å². The molecule has 0 bridgehead atoms. The molecule has 0 radical (unpaired) electrons. The summed E-state index contributed by atoms with van der Waals surface area (Å²) in [5.41, 5.74) is 2.27. The van der Waals surface area contributed by atoms with Crippen molar-refractivity contribution in [2.45, 2.75) is 6.73 Å². The Balaban J connectivity index is 2.47. The van der Waals surface area contributed by atoms with Crippen LogP contribution >= 0.6 is 34.4 Å². The van der Waals surface area contributed by atoms with Crippen LogP contribution in [0.2, 0.25) is 0 Å².